The molecule has 0 unspecified atom stereocenters. The van der Waals surface area contributed by atoms with Crippen LogP contribution in [0.2, 0.25) is 5.02 Å². The maximum atomic E-state index is 13.2. The van der Waals surface area contributed by atoms with Crippen LogP contribution in [-0.2, 0) is 0 Å². The number of aromatic nitrogens is 2. The summed E-state index contributed by atoms with van der Waals surface area (Å²) in [5.41, 5.74) is 1.20. The van der Waals surface area contributed by atoms with Crippen LogP contribution in [-0.4, -0.2) is 16.2 Å². The van der Waals surface area contributed by atoms with Gasteiger partial charge >= 0.3 is 6.03 Å². The van der Waals surface area contributed by atoms with Gasteiger partial charge in [0.2, 0.25) is 5.13 Å². The van der Waals surface area contributed by atoms with Gasteiger partial charge in [-0.3, -0.25) is 5.32 Å². The smallest absolute Gasteiger partial charge is 0.308 e. The fourth-order valence-electron chi connectivity index (χ4n) is 1.80. The number of rotatable bonds is 3. The van der Waals surface area contributed by atoms with Crippen molar-refractivity contribution in [3.8, 4) is 10.6 Å². The second-order valence-electron chi connectivity index (χ2n) is 4.51. The van der Waals surface area contributed by atoms with Crippen LogP contribution in [0.5, 0.6) is 0 Å². The van der Waals surface area contributed by atoms with E-state index in [-0.39, 0.29) is 5.82 Å². The Morgan fingerprint density at radius 2 is 1.87 bits per heavy atom. The second-order valence-corrected chi connectivity index (χ2v) is 5.92. The van der Waals surface area contributed by atoms with E-state index in [4.69, 9.17) is 11.6 Å². The van der Waals surface area contributed by atoms with E-state index in [1.807, 2.05) is 0 Å². The summed E-state index contributed by atoms with van der Waals surface area (Å²) in [6.45, 7) is 0. The van der Waals surface area contributed by atoms with Crippen LogP contribution in [0.15, 0.2) is 48.5 Å². The van der Waals surface area contributed by atoms with E-state index in [0.717, 1.165) is 11.3 Å². The van der Waals surface area contributed by atoms with Crippen molar-refractivity contribution in [1.82, 2.24) is 10.2 Å². The summed E-state index contributed by atoms with van der Waals surface area (Å²) in [6.07, 6.45) is 0. The molecule has 0 aliphatic heterocycles. The molecule has 0 atom stereocenters. The zero-order chi connectivity index (χ0) is 16.2. The van der Waals surface area contributed by atoms with Gasteiger partial charge < -0.3 is 5.32 Å². The van der Waals surface area contributed by atoms with Gasteiger partial charge in [0.05, 0.1) is 0 Å². The van der Waals surface area contributed by atoms with Gasteiger partial charge in [-0.1, -0.05) is 35.1 Å². The quantitative estimate of drug-likeness (QED) is 0.724. The monoisotopic (exact) mass is 348 g/mol. The fourth-order valence-corrected chi connectivity index (χ4v) is 2.67. The Bertz CT molecular complexity index is 838. The molecule has 1 heterocycles. The predicted molar refractivity (Wildman–Crippen MR) is 89.4 cm³/mol. The van der Waals surface area contributed by atoms with Crippen molar-refractivity contribution in [2.45, 2.75) is 0 Å². The molecule has 116 valence electrons. The van der Waals surface area contributed by atoms with Crippen LogP contribution < -0.4 is 10.6 Å². The highest BCUT2D eigenvalue weighted by Crippen LogP contribution is 2.26. The number of benzene rings is 2. The first-order valence-electron chi connectivity index (χ1n) is 6.53. The van der Waals surface area contributed by atoms with Gasteiger partial charge in [0, 0.05) is 16.3 Å². The zero-order valence-electron chi connectivity index (χ0n) is 11.6. The molecule has 1 aromatic heterocycles. The van der Waals surface area contributed by atoms with Crippen molar-refractivity contribution in [3.63, 3.8) is 0 Å². The lowest BCUT2D eigenvalue weighted by molar-refractivity contribution is 0.262. The van der Waals surface area contributed by atoms with Crippen molar-refractivity contribution in [2.75, 3.05) is 10.6 Å². The standard InChI is InChI=1S/C15H10ClFN4OS/c16-10-4-6-12(7-5-10)18-14(22)19-15-21-20-13(23-15)9-2-1-3-11(17)8-9/h1-8H,(H2,18,19,21,22). The number of nitrogens with zero attached hydrogens (tertiary/aromatic N) is 2. The summed E-state index contributed by atoms with van der Waals surface area (Å²) < 4.78 is 13.2. The van der Waals surface area contributed by atoms with Crippen molar-refractivity contribution in [1.29, 1.82) is 0 Å². The van der Waals surface area contributed by atoms with Crippen LogP contribution in [0, 0.1) is 5.82 Å². The molecule has 0 aliphatic rings. The molecule has 2 N–H and O–H groups in total. The molecule has 0 saturated carbocycles. The van der Waals surface area contributed by atoms with Crippen molar-refractivity contribution >= 4 is 39.8 Å². The van der Waals surface area contributed by atoms with Crippen molar-refractivity contribution in [2.24, 2.45) is 0 Å². The van der Waals surface area contributed by atoms with E-state index < -0.39 is 6.03 Å². The third-order valence-electron chi connectivity index (χ3n) is 2.82. The lowest BCUT2D eigenvalue weighted by atomic mass is 10.2. The minimum atomic E-state index is -0.450. The second kappa shape index (κ2) is 6.72. The highest BCUT2D eigenvalue weighted by atomic mass is 35.5. The Labute approximate surface area is 140 Å². The fraction of sp³-hybridized carbons (Fsp3) is 0. The van der Waals surface area contributed by atoms with Gasteiger partial charge in [0.25, 0.3) is 0 Å². The molecule has 0 spiro atoms. The van der Waals surface area contributed by atoms with E-state index in [2.05, 4.69) is 20.8 Å². The van der Waals surface area contributed by atoms with Crippen molar-refractivity contribution in [3.05, 3.63) is 59.4 Å². The van der Waals surface area contributed by atoms with E-state index in [9.17, 15) is 9.18 Å². The largest absolute Gasteiger partial charge is 0.325 e. The lowest BCUT2D eigenvalue weighted by Crippen LogP contribution is -2.19. The molecule has 0 radical (unpaired) electrons. The Kier molecular flexibility index (Phi) is 4.50. The van der Waals surface area contributed by atoms with Crippen LogP contribution in [0.3, 0.4) is 0 Å². The first kappa shape index (κ1) is 15.4. The first-order chi connectivity index (χ1) is 11.1. The molecule has 0 bridgehead atoms. The Hall–Kier alpha value is -2.51. The average molecular weight is 349 g/mol. The molecule has 0 fully saturated rings. The van der Waals surface area contributed by atoms with Gasteiger partial charge in [0.15, 0.2) is 0 Å². The van der Waals surface area contributed by atoms with Gasteiger partial charge in [0.1, 0.15) is 10.8 Å². The molecule has 0 saturated heterocycles. The van der Waals surface area contributed by atoms with Gasteiger partial charge in [-0.2, -0.15) is 0 Å². The summed E-state index contributed by atoms with van der Waals surface area (Å²) in [5, 5.41) is 14.5. The first-order valence-corrected chi connectivity index (χ1v) is 7.72. The highest BCUT2D eigenvalue weighted by molar-refractivity contribution is 7.18. The Morgan fingerprint density at radius 1 is 1.09 bits per heavy atom. The Morgan fingerprint density at radius 3 is 2.61 bits per heavy atom. The molecule has 23 heavy (non-hydrogen) atoms. The number of carbonyl (C=O) groups excluding carboxylic acids is 1. The average Bonchev–Trinajstić information content (AvgIpc) is 2.98. The Balaban J connectivity index is 1.66. The zero-order valence-corrected chi connectivity index (χ0v) is 13.2. The van der Waals surface area contributed by atoms with E-state index >= 15 is 0 Å². The van der Waals surface area contributed by atoms with E-state index in [1.165, 1.54) is 12.1 Å². The number of anilines is 2. The number of carbonyl (C=O) groups is 1. The third kappa shape index (κ3) is 4.02. The van der Waals surface area contributed by atoms with E-state index in [1.54, 1.807) is 36.4 Å². The van der Waals surface area contributed by atoms with Crippen molar-refractivity contribution < 1.29 is 9.18 Å². The summed E-state index contributed by atoms with van der Waals surface area (Å²) in [6, 6.07) is 12.3. The minimum absolute atomic E-state index is 0.315. The SMILES string of the molecule is O=C(Nc1ccc(Cl)cc1)Nc1nnc(-c2cccc(F)c2)s1. The summed E-state index contributed by atoms with van der Waals surface area (Å²) in [5.74, 6) is -0.354. The lowest BCUT2D eigenvalue weighted by Gasteiger charge is -2.04. The van der Waals surface area contributed by atoms with Crippen LogP contribution in [0.1, 0.15) is 0 Å². The summed E-state index contributed by atoms with van der Waals surface area (Å²) in [7, 11) is 0. The molecule has 0 aliphatic carbocycles. The number of hydrogen-bond acceptors (Lipinski definition) is 4. The molecule has 3 rings (SSSR count). The number of nitrogens with one attached hydrogen (secondary N) is 2. The topological polar surface area (TPSA) is 66.9 Å². The highest BCUT2D eigenvalue weighted by Gasteiger charge is 2.10. The third-order valence-corrected chi connectivity index (χ3v) is 3.96. The summed E-state index contributed by atoms with van der Waals surface area (Å²) in [4.78, 5) is 11.9. The molecular formula is C15H10ClFN4OS. The maximum Gasteiger partial charge on any atom is 0.325 e. The predicted octanol–water partition coefficient (Wildman–Crippen LogP) is 4.64. The molecule has 5 nitrogen and oxygen atoms in total. The number of amides is 2. The van der Waals surface area contributed by atoms with Gasteiger partial charge in [-0.05, 0) is 36.4 Å². The summed E-state index contributed by atoms with van der Waals surface area (Å²) >= 11 is 6.93. The molecule has 2 aromatic carbocycles. The molecule has 8 heteroatoms. The van der Waals surface area contributed by atoms with Gasteiger partial charge in [-0.25, -0.2) is 9.18 Å². The molecule has 2 amide bonds. The van der Waals surface area contributed by atoms with E-state index in [0.29, 0.717) is 26.4 Å². The minimum Gasteiger partial charge on any atom is -0.308 e. The number of hydrogen-bond donors (Lipinski definition) is 2. The molecular weight excluding hydrogens is 339 g/mol. The maximum absolute atomic E-state index is 13.2. The van der Waals surface area contributed by atoms with Crippen LogP contribution in [0.25, 0.3) is 10.6 Å². The normalized spacial score (nSPS) is 10.3. The number of halogens is 2. The van der Waals surface area contributed by atoms with Crippen LogP contribution >= 0.6 is 22.9 Å². The van der Waals surface area contributed by atoms with Gasteiger partial charge in [-0.15, -0.1) is 10.2 Å². The molecule has 3 aromatic rings. The number of urea groups is 1. The van der Waals surface area contributed by atoms with Crippen LogP contribution in [0.4, 0.5) is 20.0 Å².